The average molecular weight is 526 g/mol. The van der Waals surface area contributed by atoms with E-state index < -0.39 is 0 Å². The molecule has 2 aromatic rings. The van der Waals surface area contributed by atoms with Gasteiger partial charge in [-0.25, -0.2) is 9.37 Å². The summed E-state index contributed by atoms with van der Waals surface area (Å²) in [6.45, 7) is 8.44. The number of hydrogen-bond acceptors (Lipinski definition) is 3. The lowest BCUT2D eigenvalue weighted by Gasteiger charge is -2.37. The number of aryl methyl sites for hydroxylation is 2. The fourth-order valence-corrected chi connectivity index (χ4v) is 4.12. The zero-order valence-corrected chi connectivity index (χ0v) is 20.0. The second-order valence-electron chi connectivity index (χ2n) is 7.74. The third kappa shape index (κ3) is 5.65. The van der Waals surface area contributed by atoms with Gasteiger partial charge in [-0.15, -0.1) is 24.0 Å². The maximum Gasteiger partial charge on any atom is 0.194 e. The Kier molecular flexibility index (Phi) is 8.35. The van der Waals surface area contributed by atoms with Crippen LogP contribution in [0.1, 0.15) is 31.3 Å². The summed E-state index contributed by atoms with van der Waals surface area (Å²) in [4.78, 5) is 14.3. The van der Waals surface area contributed by atoms with Crippen molar-refractivity contribution in [3.05, 3.63) is 47.8 Å². The van der Waals surface area contributed by atoms with Crippen LogP contribution in [0, 0.1) is 5.82 Å². The summed E-state index contributed by atoms with van der Waals surface area (Å²) >= 11 is 0. The molecule has 0 atom stereocenters. The van der Waals surface area contributed by atoms with E-state index in [-0.39, 0.29) is 29.8 Å². The molecule has 1 N–H and O–H groups in total. The quantitative estimate of drug-likeness (QED) is 0.369. The van der Waals surface area contributed by atoms with Crippen LogP contribution in [0.4, 0.5) is 10.1 Å². The zero-order valence-electron chi connectivity index (χ0n) is 17.7. The fourth-order valence-electron chi connectivity index (χ4n) is 4.12. The lowest BCUT2D eigenvalue weighted by Crippen LogP contribution is -2.52. The lowest BCUT2D eigenvalue weighted by atomic mass is 10.2. The van der Waals surface area contributed by atoms with Crippen molar-refractivity contribution in [2.75, 3.05) is 44.2 Å². The van der Waals surface area contributed by atoms with Gasteiger partial charge in [-0.3, -0.25) is 4.99 Å². The minimum absolute atomic E-state index is 0. The number of piperazine rings is 1. The van der Waals surface area contributed by atoms with Crippen molar-refractivity contribution in [3.63, 3.8) is 0 Å². The van der Waals surface area contributed by atoms with Gasteiger partial charge < -0.3 is 19.7 Å². The van der Waals surface area contributed by atoms with Gasteiger partial charge in [-0.2, -0.15) is 0 Å². The molecule has 1 aromatic carbocycles. The highest BCUT2D eigenvalue weighted by Crippen LogP contribution is 2.17. The number of rotatable bonds is 5. The lowest BCUT2D eigenvalue weighted by molar-refractivity contribution is 0.372. The van der Waals surface area contributed by atoms with Gasteiger partial charge in [0, 0.05) is 70.5 Å². The monoisotopic (exact) mass is 526 g/mol. The molecule has 1 fully saturated rings. The molecular formula is C22H32FIN6. The van der Waals surface area contributed by atoms with E-state index >= 15 is 0 Å². The molecule has 6 nitrogen and oxygen atoms in total. The predicted octanol–water partition coefficient (Wildman–Crippen LogP) is 3.31. The Labute approximate surface area is 195 Å². The molecule has 0 aliphatic carbocycles. The first-order valence-corrected chi connectivity index (χ1v) is 10.8. The van der Waals surface area contributed by atoms with E-state index in [1.165, 1.54) is 30.8 Å². The molecule has 3 heterocycles. The number of aliphatic imine (C=N–C) groups is 1. The SMILES string of the molecule is CCNC(=NCCc1cn2c(n1)CCCC2)N1CCN(c2ccc(F)cc2)CC1.I. The molecule has 4 rings (SSSR count). The molecule has 0 unspecified atom stereocenters. The highest BCUT2D eigenvalue weighted by atomic mass is 127. The topological polar surface area (TPSA) is 48.7 Å². The Bertz CT molecular complexity index is 803. The highest BCUT2D eigenvalue weighted by Gasteiger charge is 2.20. The summed E-state index contributed by atoms with van der Waals surface area (Å²) in [6, 6.07) is 6.77. The van der Waals surface area contributed by atoms with Crippen LogP contribution in [-0.4, -0.2) is 59.7 Å². The van der Waals surface area contributed by atoms with Crippen LogP contribution >= 0.6 is 24.0 Å². The van der Waals surface area contributed by atoms with Gasteiger partial charge in [0.2, 0.25) is 0 Å². The van der Waals surface area contributed by atoms with Crippen molar-refractivity contribution in [1.29, 1.82) is 0 Å². The Hall–Kier alpha value is -1.84. The first-order chi connectivity index (χ1) is 14.2. The number of guanidine groups is 1. The molecule has 0 saturated carbocycles. The number of benzene rings is 1. The van der Waals surface area contributed by atoms with Gasteiger partial charge in [-0.05, 0) is 44.0 Å². The number of anilines is 1. The second kappa shape index (κ2) is 11.0. The van der Waals surface area contributed by atoms with E-state index in [4.69, 9.17) is 9.98 Å². The smallest absolute Gasteiger partial charge is 0.194 e. The van der Waals surface area contributed by atoms with Crippen LogP contribution in [-0.2, 0) is 19.4 Å². The standard InChI is InChI=1S/C22H31FN6.HI/c1-2-24-22(25-11-10-19-17-29-12-4-3-5-21(29)26-19)28-15-13-27(14-16-28)20-8-6-18(23)7-9-20;/h6-9,17H,2-5,10-16H2,1H3,(H,24,25);1H. The molecule has 0 radical (unpaired) electrons. The highest BCUT2D eigenvalue weighted by molar-refractivity contribution is 14.0. The molecular weight excluding hydrogens is 494 g/mol. The largest absolute Gasteiger partial charge is 0.368 e. The normalized spacial score (nSPS) is 16.8. The van der Waals surface area contributed by atoms with Crippen molar-refractivity contribution in [2.45, 2.75) is 39.2 Å². The molecule has 8 heteroatoms. The van der Waals surface area contributed by atoms with E-state index in [0.29, 0.717) is 0 Å². The average Bonchev–Trinajstić information content (AvgIpc) is 3.17. The molecule has 164 valence electrons. The third-order valence-corrected chi connectivity index (χ3v) is 5.69. The van der Waals surface area contributed by atoms with E-state index in [1.807, 2.05) is 12.1 Å². The maximum absolute atomic E-state index is 13.2. The Balaban J connectivity index is 0.00000256. The Morgan fingerprint density at radius 2 is 1.87 bits per heavy atom. The summed E-state index contributed by atoms with van der Waals surface area (Å²) < 4.78 is 15.5. The Morgan fingerprint density at radius 1 is 1.10 bits per heavy atom. The molecule has 0 spiro atoms. The number of halogens is 2. The van der Waals surface area contributed by atoms with Crippen molar-refractivity contribution >= 4 is 35.6 Å². The summed E-state index contributed by atoms with van der Waals surface area (Å²) in [5.74, 6) is 2.03. The third-order valence-electron chi connectivity index (χ3n) is 5.69. The summed E-state index contributed by atoms with van der Waals surface area (Å²) in [7, 11) is 0. The molecule has 30 heavy (non-hydrogen) atoms. The molecule has 1 saturated heterocycles. The van der Waals surface area contributed by atoms with E-state index in [9.17, 15) is 4.39 Å². The van der Waals surface area contributed by atoms with Gasteiger partial charge >= 0.3 is 0 Å². The molecule has 2 aliphatic rings. The van der Waals surface area contributed by atoms with Gasteiger partial charge in [0.1, 0.15) is 11.6 Å². The molecule has 0 amide bonds. The van der Waals surface area contributed by atoms with Crippen LogP contribution < -0.4 is 10.2 Å². The number of nitrogens with one attached hydrogen (secondary N) is 1. The number of imidazole rings is 1. The summed E-state index contributed by atoms with van der Waals surface area (Å²) in [6.07, 6.45) is 6.70. The summed E-state index contributed by atoms with van der Waals surface area (Å²) in [5.41, 5.74) is 2.24. The maximum atomic E-state index is 13.2. The van der Waals surface area contributed by atoms with Gasteiger partial charge in [0.15, 0.2) is 5.96 Å². The van der Waals surface area contributed by atoms with Gasteiger partial charge in [0.25, 0.3) is 0 Å². The summed E-state index contributed by atoms with van der Waals surface area (Å²) in [5, 5.41) is 3.43. The van der Waals surface area contributed by atoms with Gasteiger partial charge in [-0.1, -0.05) is 0 Å². The van der Waals surface area contributed by atoms with Crippen molar-refractivity contribution < 1.29 is 4.39 Å². The van der Waals surface area contributed by atoms with E-state index in [1.54, 1.807) is 0 Å². The Morgan fingerprint density at radius 3 is 2.57 bits per heavy atom. The van der Waals surface area contributed by atoms with Crippen LogP contribution in [0.15, 0.2) is 35.5 Å². The van der Waals surface area contributed by atoms with Crippen molar-refractivity contribution in [1.82, 2.24) is 19.8 Å². The number of fused-ring (bicyclic) bond motifs is 1. The number of aromatic nitrogens is 2. The minimum Gasteiger partial charge on any atom is -0.368 e. The van der Waals surface area contributed by atoms with Crippen LogP contribution in [0.3, 0.4) is 0 Å². The minimum atomic E-state index is -0.187. The predicted molar refractivity (Wildman–Crippen MR) is 130 cm³/mol. The first-order valence-electron chi connectivity index (χ1n) is 10.8. The number of nitrogens with zero attached hydrogens (tertiary/aromatic N) is 5. The molecule has 1 aromatic heterocycles. The van der Waals surface area contributed by atoms with E-state index in [0.717, 1.165) is 76.0 Å². The van der Waals surface area contributed by atoms with Crippen molar-refractivity contribution in [3.8, 4) is 0 Å². The van der Waals surface area contributed by atoms with Crippen LogP contribution in [0.25, 0.3) is 0 Å². The van der Waals surface area contributed by atoms with Crippen molar-refractivity contribution in [2.24, 2.45) is 4.99 Å². The number of hydrogen-bond donors (Lipinski definition) is 1. The first kappa shape index (κ1) is 22.8. The van der Waals surface area contributed by atoms with Gasteiger partial charge in [0.05, 0.1) is 5.69 Å². The molecule has 0 bridgehead atoms. The van der Waals surface area contributed by atoms with E-state index in [2.05, 4.69) is 32.8 Å². The second-order valence-corrected chi connectivity index (χ2v) is 7.74. The zero-order chi connectivity index (χ0) is 20.1. The van der Waals surface area contributed by atoms with Crippen LogP contribution in [0.5, 0.6) is 0 Å². The fraction of sp³-hybridized carbons (Fsp3) is 0.545. The van der Waals surface area contributed by atoms with Crippen LogP contribution in [0.2, 0.25) is 0 Å². The molecule has 2 aliphatic heterocycles.